The summed E-state index contributed by atoms with van der Waals surface area (Å²) in [6.07, 6.45) is 0. The number of carbonyl (C=O) groups excluding carboxylic acids is 1. The Bertz CT molecular complexity index is 444. The molecular formula is C12H15ClN2O2. The number of nitrogens with two attached hydrogens (primary N) is 1. The van der Waals surface area contributed by atoms with E-state index in [9.17, 15) is 4.79 Å². The van der Waals surface area contributed by atoms with Crippen molar-refractivity contribution in [2.45, 2.75) is 13.8 Å². The molecule has 0 aliphatic heterocycles. The average molecular weight is 255 g/mol. The Balaban J connectivity index is 2.84. The zero-order valence-corrected chi connectivity index (χ0v) is 10.5. The smallest absolute Gasteiger partial charge is 0.351 e. The number of hydrogen-bond donors (Lipinski definition) is 2. The van der Waals surface area contributed by atoms with E-state index in [4.69, 9.17) is 22.1 Å². The van der Waals surface area contributed by atoms with Crippen molar-refractivity contribution >= 4 is 28.9 Å². The van der Waals surface area contributed by atoms with Gasteiger partial charge in [-0.3, -0.25) is 0 Å². The molecular weight excluding hydrogens is 240 g/mol. The molecule has 0 fully saturated rings. The topological polar surface area (TPSA) is 64.3 Å². The Kier molecular flexibility index (Phi) is 4.84. The molecule has 0 aromatic heterocycles. The monoisotopic (exact) mass is 254 g/mol. The number of allylic oxidation sites excluding steroid dienone is 1. The molecule has 1 aromatic rings. The van der Waals surface area contributed by atoms with Crippen LogP contribution in [0.1, 0.15) is 13.8 Å². The molecule has 0 amide bonds. The first kappa shape index (κ1) is 13.4. The Morgan fingerprint density at radius 3 is 2.71 bits per heavy atom. The van der Waals surface area contributed by atoms with E-state index in [-0.39, 0.29) is 11.6 Å². The summed E-state index contributed by atoms with van der Waals surface area (Å²) in [4.78, 5) is 11.4. The van der Waals surface area contributed by atoms with Crippen molar-refractivity contribution in [1.29, 1.82) is 0 Å². The summed E-state index contributed by atoms with van der Waals surface area (Å²) in [6.45, 7) is 3.70. The van der Waals surface area contributed by atoms with Gasteiger partial charge in [0.1, 0.15) is 5.03 Å². The zero-order chi connectivity index (χ0) is 12.8. The lowest BCUT2D eigenvalue weighted by Crippen LogP contribution is -2.09. The van der Waals surface area contributed by atoms with E-state index in [2.05, 4.69) is 5.32 Å². The third kappa shape index (κ3) is 3.67. The van der Waals surface area contributed by atoms with Crippen LogP contribution in [0.15, 0.2) is 35.0 Å². The van der Waals surface area contributed by atoms with Crippen molar-refractivity contribution in [3.05, 3.63) is 35.0 Å². The highest BCUT2D eigenvalue weighted by Gasteiger charge is 2.11. The highest BCUT2D eigenvalue weighted by atomic mass is 35.5. The molecule has 1 rings (SSSR count). The number of nitrogen functional groups attached to an aromatic ring is 1. The largest absolute Gasteiger partial charge is 0.462 e. The van der Waals surface area contributed by atoms with Gasteiger partial charge >= 0.3 is 5.97 Å². The maximum absolute atomic E-state index is 11.4. The summed E-state index contributed by atoms with van der Waals surface area (Å²) < 4.78 is 4.79. The minimum atomic E-state index is -0.548. The predicted molar refractivity (Wildman–Crippen MR) is 69.7 cm³/mol. The first-order valence-corrected chi connectivity index (χ1v) is 5.59. The minimum absolute atomic E-state index is 0.0232. The fourth-order valence-corrected chi connectivity index (χ4v) is 1.32. The van der Waals surface area contributed by atoms with Crippen LogP contribution in [0.25, 0.3) is 0 Å². The van der Waals surface area contributed by atoms with Crippen LogP contribution >= 0.6 is 11.6 Å². The molecule has 17 heavy (non-hydrogen) atoms. The van der Waals surface area contributed by atoms with Gasteiger partial charge in [-0.1, -0.05) is 23.7 Å². The second-order valence-electron chi connectivity index (χ2n) is 3.37. The van der Waals surface area contributed by atoms with Crippen molar-refractivity contribution in [3.63, 3.8) is 0 Å². The second-order valence-corrected chi connectivity index (χ2v) is 3.75. The van der Waals surface area contributed by atoms with Crippen molar-refractivity contribution in [2.75, 3.05) is 17.7 Å². The van der Waals surface area contributed by atoms with Crippen molar-refractivity contribution in [3.8, 4) is 0 Å². The molecule has 5 heteroatoms. The van der Waals surface area contributed by atoms with Crippen molar-refractivity contribution in [1.82, 2.24) is 0 Å². The fourth-order valence-electron chi connectivity index (χ4n) is 1.22. The summed E-state index contributed by atoms with van der Waals surface area (Å²) in [6, 6.07) is 7.22. The van der Waals surface area contributed by atoms with Gasteiger partial charge in [-0.15, -0.1) is 0 Å². The minimum Gasteiger partial charge on any atom is -0.462 e. The van der Waals surface area contributed by atoms with Gasteiger partial charge in [0, 0.05) is 5.70 Å². The SMILES string of the molecule is CCOC(=O)/C(Cl)=C(\C)Nc1ccccc1N. The Hall–Kier alpha value is -1.68. The summed E-state index contributed by atoms with van der Waals surface area (Å²) >= 11 is 5.86. The van der Waals surface area contributed by atoms with Crippen LogP contribution in [0.2, 0.25) is 0 Å². The first-order chi connectivity index (χ1) is 8.06. The molecule has 0 saturated heterocycles. The van der Waals surface area contributed by atoms with Crippen LogP contribution < -0.4 is 11.1 Å². The molecule has 4 nitrogen and oxygen atoms in total. The van der Waals surface area contributed by atoms with E-state index in [0.717, 1.165) is 0 Å². The van der Waals surface area contributed by atoms with Gasteiger partial charge in [-0.2, -0.15) is 0 Å². The highest BCUT2D eigenvalue weighted by Crippen LogP contribution is 2.21. The number of nitrogens with one attached hydrogen (secondary N) is 1. The lowest BCUT2D eigenvalue weighted by molar-refractivity contribution is -0.137. The summed E-state index contributed by atoms with van der Waals surface area (Å²) in [7, 11) is 0. The quantitative estimate of drug-likeness (QED) is 0.493. The number of para-hydroxylation sites is 2. The third-order valence-electron chi connectivity index (χ3n) is 2.07. The number of hydrogen-bond acceptors (Lipinski definition) is 4. The lowest BCUT2D eigenvalue weighted by atomic mass is 10.2. The van der Waals surface area contributed by atoms with Crippen LogP contribution in [-0.2, 0) is 9.53 Å². The number of benzene rings is 1. The van der Waals surface area contributed by atoms with Crippen LogP contribution in [0, 0.1) is 0 Å². The van der Waals surface area contributed by atoms with Gasteiger partial charge < -0.3 is 15.8 Å². The van der Waals surface area contributed by atoms with Gasteiger partial charge in [0.05, 0.1) is 18.0 Å². The van der Waals surface area contributed by atoms with Crippen LogP contribution in [0.5, 0.6) is 0 Å². The van der Waals surface area contributed by atoms with E-state index < -0.39 is 5.97 Å². The Morgan fingerprint density at radius 1 is 1.47 bits per heavy atom. The number of esters is 1. The normalized spacial score (nSPS) is 11.7. The molecule has 0 atom stereocenters. The van der Waals surface area contributed by atoms with Crippen LogP contribution in [-0.4, -0.2) is 12.6 Å². The molecule has 92 valence electrons. The van der Waals surface area contributed by atoms with E-state index in [1.54, 1.807) is 26.0 Å². The summed E-state index contributed by atoms with van der Waals surface area (Å²) in [5.41, 5.74) is 7.55. The average Bonchev–Trinajstić information content (AvgIpc) is 2.31. The molecule has 1 aromatic carbocycles. The van der Waals surface area contributed by atoms with E-state index in [1.807, 2.05) is 12.1 Å². The first-order valence-electron chi connectivity index (χ1n) is 5.21. The maximum atomic E-state index is 11.4. The van der Waals surface area contributed by atoms with E-state index in [1.165, 1.54) is 0 Å². The molecule has 0 saturated carbocycles. The van der Waals surface area contributed by atoms with Gasteiger partial charge in [0.15, 0.2) is 0 Å². The maximum Gasteiger partial charge on any atom is 0.351 e. The van der Waals surface area contributed by atoms with Gasteiger partial charge in [-0.25, -0.2) is 4.79 Å². The predicted octanol–water partition coefficient (Wildman–Crippen LogP) is 2.71. The number of rotatable bonds is 4. The summed E-state index contributed by atoms with van der Waals surface area (Å²) in [5, 5.41) is 2.99. The van der Waals surface area contributed by atoms with Gasteiger partial charge in [-0.05, 0) is 26.0 Å². The zero-order valence-electron chi connectivity index (χ0n) is 9.79. The fraction of sp³-hybridized carbons (Fsp3) is 0.250. The Morgan fingerprint density at radius 2 is 2.12 bits per heavy atom. The lowest BCUT2D eigenvalue weighted by Gasteiger charge is -2.10. The second kappa shape index (κ2) is 6.15. The standard InChI is InChI=1S/C12H15ClN2O2/c1-3-17-12(16)11(13)8(2)15-10-7-5-4-6-9(10)14/h4-7,15H,3,14H2,1-2H3/b11-8-. The molecule has 0 aliphatic rings. The Labute approximate surface area is 105 Å². The number of carbonyl (C=O) groups is 1. The third-order valence-corrected chi connectivity index (χ3v) is 2.50. The van der Waals surface area contributed by atoms with Crippen LogP contribution in [0.3, 0.4) is 0 Å². The summed E-state index contributed by atoms with van der Waals surface area (Å²) in [5.74, 6) is -0.548. The van der Waals surface area contributed by atoms with Gasteiger partial charge in [0.2, 0.25) is 0 Å². The number of ether oxygens (including phenoxy) is 1. The molecule has 0 radical (unpaired) electrons. The van der Waals surface area contributed by atoms with Crippen LogP contribution in [0.4, 0.5) is 11.4 Å². The molecule has 0 bridgehead atoms. The molecule has 0 unspecified atom stereocenters. The molecule has 0 spiro atoms. The van der Waals surface area contributed by atoms with E-state index in [0.29, 0.717) is 17.1 Å². The highest BCUT2D eigenvalue weighted by molar-refractivity contribution is 6.41. The van der Waals surface area contributed by atoms with Crippen molar-refractivity contribution < 1.29 is 9.53 Å². The molecule has 0 heterocycles. The molecule has 3 N–H and O–H groups in total. The van der Waals surface area contributed by atoms with Gasteiger partial charge in [0.25, 0.3) is 0 Å². The number of halogens is 1. The van der Waals surface area contributed by atoms with Crippen molar-refractivity contribution in [2.24, 2.45) is 0 Å². The molecule has 0 aliphatic carbocycles. The number of anilines is 2. The van der Waals surface area contributed by atoms with E-state index >= 15 is 0 Å².